The van der Waals surface area contributed by atoms with Crippen LogP contribution in [0.5, 0.6) is 0 Å². The third-order valence-electron chi connectivity index (χ3n) is 4.92. The van der Waals surface area contributed by atoms with E-state index in [-0.39, 0.29) is 18.0 Å². The number of alkyl halides is 2. The zero-order valence-electron chi connectivity index (χ0n) is 15.1. The zero-order valence-corrected chi connectivity index (χ0v) is 15.1. The van der Waals surface area contributed by atoms with Crippen LogP contribution < -0.4 is 5.73 Å². The lowest BCUT2D eigenvalue weighted by atomic mass is 9.77. The highest BCUT2D eigenvalue weighted by Gasteiger charge is 2.63. The minimum atomic E-state index is -3.52. The maximum atomic E-state index is 15.4. The molecule has 8 heteroatoms. The Balaban J connectivity index is 2.25. The van der Waals surface area contributed by atoms with Crippen molar-refractivity contribution in [3.05, 3.63) is 41.8 Å². The Morgan fingerprint density at radius 1 is 1.19 bits per heavy atom. The number of nitrogens with two attached hydrogens (primary N) is 1. The van der Waals surface area contributed by atoms with Crippen molar-refractivity contribution in [3.8, 4) is 11.3 Å². The van der Waals surface area contributed by atoms with E-state index in [1.54, 1.807) is 24.0 Å². The molecule has 0 radical (unpaired) electrons. The quantitative estimate of drug-likeness (QED) is 0.887. The van der Waals surface area contributed by atoms with Crippen molar-refractivity contribution < 1.29 is 17.9 Å². The highest BCUT2D eigenvalue weighted by molar-refractivity contribution is 5.82. The molecule has 5 nitrogen and oxygen atoms in total. The van der Waals surface area contributed by atoms with Crippen LogP contribution in [-0.2, 0) is 17.3 Å². The summed E-state index contributed by atoms with van der Waals surface area (Å²) in [7, 11) is 1.72. The Morgan fingerprint density at radius 3 is 2.50 bits per heavy atom. The molecule has 1 aliphatic heterocycles. The average molecular weight is 366 g/mol. The van der Waals surface area contributed by atoms with E-state index in [0.717, 1.165) is 6.07 Å². The summed E-state index contributed by atoms with van der Waals surface area (Å²) in [5, 5.41) is 4.06. The molecule has 0 fully saturated rings. The second-order valence-electron chi connectivity index (χ2n) is 7.08. The van der Waals surface area contributed by atoms with Gasteiger partial charge in [0.05, 0.1) is 5.69 Å². The predicted octanol–water partition coefficient (Wildman–Crippen LogP) is 3.24. The highest BCUT2D eigenvalue weighted by atomic mass is 19.3. The van der Waals surface area contributed by atoms with E-state index in [4.69, 9.17) is 10.5 Å². The molecule has 2 heterocycles. The molecule has 0 aliphatic carbocycles. The van der Waals surface area contributed by atoms with Gasteiger partial charge in [-0.3, -0.25) is 9.67 Å². The molecule has 1 aromatic carbocycles. The lowest BCUT2D eigenvalue weighted by molar-refractivity contribution is -0.214. The summed E-state index contributed by atoms with van der Waals surface area (Å²) in [6.07, 6.45) is 1.58. The van der Waals surface area contributed by atoms with Gasteiger partial charge in [0.25, 0.3) is 0 Å². The number of benzene rings is 1. The van der Waals surface area contributed by atoms with Crippen LogP contribution in [0.3, 0.4) is 0 Å². The minimum absolute atomic E-state index is 0.108. The zero-order chi connectivity index (χ0) is 19.3. The first-order chi connectivity index (χ1) is 12.0. The Hall–Kier alpha value is -2.35. The Bertz CT molecular complexity index is 875. The molecule has 1 aliphatic rings. The molecule has 0 amide bonds. The summed E-state index contributed by atoms with van der Waals surface area (Å²) in [5.41, 5.74) is 2.61. The Kier molecular flexibility index (Phi) is 4.14. The maximum absolute atomic E-state index is 15.4. The summed E-state index contributed by atoms with van der Waals surface area (Å²) in [4.78, 5) is 3.99. The van der Waals surface area contributed by atoms with Gasteiger partial charge in [-0.2, -0.15) is 5.10 Å². The van der Waals surface area contributed by atoms with Gasteiger partial charge in [0, 0.05) is 24.4 Å². The fourth-order valence-corrected chi connectivity index (χ4v) is 3.26. The fourth-order valence-electron chi connectivity index (χ4n) is 3.26. The normalized spacial score (nSPS) is 24.8. The summed E-state index contributed by atoms with van der Waals surface area (Å²) >= 11 is 0. The van der Waals surface area contributed by atoms with Crippen molar-refractivity contribution in [1.29, 1.82) is 0 Å². The highest BCUT2D eigenvalue weighted by Crippen LogP contribution is 2.50. The molecule has 1 aromatic heterocycles. The van der Waals surface area contributed by atoms with Gasteiger partial charge in [0.1, 0.15) is 23.9 Å². The summed E-state index contributed by atoms with van der Waals surface area (Å²) in [6.45, 7) is 3.44. The van der Waals surface area contributed by atoms with Crippen LogP contribution in [0.4, 0.5) is 13.2 Å². The average Bonchev–Trinajstić information content (AvgIpc) is 2.96. The van der Waals surface area contributed by atoms with E-state index >= 15 is 8.78 Å². The fraction of sp³-hybridized carbons (Fsp3) is 0.444. The van der Waals surface area contributed by atoms with E-state index in [1.165, 1.54) is 32.9 Å². The standard InChI is InChI=1S/C18H21F3N4O/c1-16(2)18(20,21)17(3,24-15(22)10-26-16)12-9-11(5-6-13(12)19)14-7-8-23-25(14)4/h5-9H,10H2,1-4H3,(H2,22,24)/t17-/m1/s1. The van der Waals surface area contributed by atoms with Crippen LogP contribution in [0.25, 0.3) is 11.3 Å². The number of ether oxygens (including phenoxy) is 1. The third kappa shape index (κ3) is 2.59. The summed E-state index contributed by atoms with van der Waals surface area (Å²) in [6, 6.07) is 5.76. The van der Waals surface area contributed by atoms with E-state index in [0.29, 0.717) is 11.3 Å². The molecule has 0 saturated heterocycles. The van der Waals surface area contributed by atoms with Crippen LogP contribution in [0.2, 0.25) is 0 Å². The number of nitrogens with zero attached hydrogens (tertiary/aromatic N) is 3. The molecule has 0 bridgehead atoms. The molecule has 0 unspecified atom stereocenters. The number of aryl methyl sites for hydroxylation is 1. The van der Waals surface area contributed by atoms with Gasteiger partial charge in [-0.1, -0.05) is 0 Å². The minimum Gasteiger partial charge on any atom is -0.385 e. The summed E-state index contributed by atoms with van der Waals surface area (Å²) in [5.74, 6) is -4.41. The lowest BCUT2D eigenvalue weighted by Gasteiger charge is -2.42. The molecule has 0 saturated carbocycles. The molecular weight excluding hydrogens is 345 g/mol. The maximum Gasteiger partial charge on any atom is 0.304 e. The molecular formula is C18H21F3N4O. The van der Waals surface area contributed by atoms with Crippen molar-refractivity contribution in [2.75, 3.05) is 6.61 Å². The molecule has 3 rings (SSSR count). The van der Waals surface area contributed by atoms with Crippen LogP contribution in [-0.4, -0.2) is 33.7 Å². The van der Waals surface area contributed by atoms with Gasteiger partial charge in [-0.15, -0.1) is 0 Å². The van der Waals surface area contributed by atoms with Crippen molar-refractivity contribution in [2.45, 2.75) is 37.8 Å². The van der Waals surface area contributed by atoms with Gasteiger partial charge >= 0.3 is 5.92 Å². The van der Waals surface area contributed by atoms with Crippen LogP contribution >= 0.6 is 0 Å². The molecule has 26 heavy (non-hydrogen) atoms. The largest absolute Gasteiger partial charge is 0.385 e. The van der Waals surface area contributed by atoms with Gasteiger partial charge < -0.3 is 10.5 Å². The first kappa shape index (κ1) is 18.4. The Morgan fingerprint density at radius 2 is 1.88 bits per heavy atom. The van der Waals surface area contributed by atoms with E-state index < -0.39 is 22.9 Å². The molecule has 0 spiro atoms. The van der Waals surface area contributed by atoms with Gasteiger partial charge in [-0.05, 0) is 45.0 Å². The van der Waals surface area contributed by atoms with Crippen molar-refractivity contribution >= 4 is 5.84 Å². The van der Waals surface area contributed by atoms with Crippen LogP contribution in [0.15, 0.2) is 35.5 Å². The SMILES string of the molecule is Cn1nccc1-c1ccc(F)c([C@@]2(C)N=C(N)COC(C)(C)C2(F)F)c1. The monoisotopic (exact) mass is 366 g/mol. The number of hydrogen-bond acceptors (Lipinski definition) is 4. The number of hydrogen-bond donors (Lipinski definition) is 1. The second-order valence-corrected chi connectivity index (χ2v) is 7.08. The molecule has 2 aromatic rings. The number of aliphatic imine (C=N–C) groups is 1. The van der Waals surface area contributed by atoms with Gasteiger partial charge in [0.15, 0.2) is 5.54 Å². The molecule has 1 atom stereocenters. The smallest absolute Gasteiger partial charge is 0.304 e. The lowest BCUT2D eigenvalue weighted by Crippen LogP contribution is -2.56. The predicted molar refractivity (Wildman–Crippen MR) is 92.6 cm³/mol. The first-order valence-corrected chi connectivity index (χ1v) is 8.14. The molecule has 2 N–H and O–H groups in total. The third-order valence-corrected chi connectivity index (χ3v) is 4.92. The number of halogens is 3. The van der Waals surface area contributed by atoms with Gasteiger partial charge in [-0.25, -0.2) is 13.2 Å². The van der Waals surface area contributed by atoms with E-state index in [1.807, 2.05) is 0 Å². The van der Waals surface area contributed by atoms with Gasteiger partial charge in [0.2, 0.25) is 0 Å². The number of amidine groups is 1. The van der Waals surface area contributed by atoms with Crippen molar-refractivity contribution in [2.24, 2.45) is 17.8 Å². The van der Waals surface area contributed by atoms with Crippen molar-refractivity contribution in [1.82, 2.24) is 9.78 Å². The van der Waals surface area contributed by atoms with Crippen LogP contribution in [0.1, 0.15) is 26.3 Å². The topological polar surface area (TPSA) is 65.4 Å². The molecule has 140 valence electrons. The number of aromatic nitrogens is 2. The summed E-state index contributed by atoms with van der Waals surface area (Å²) < 4.78 is 52.3. The van der Waals surface area contributed by atoms with E-state index in [2.05, 4.69) is 10.1 Å². The first-order valence-electron chi connectivity index (χ1n) is 8.14. The van der Waals surface area contributed by atoms with E-state index in [9.17, 15) is 4.39 Å². The second kappa shape index (κ2) is 5.84. The number of rotatable bonds is 2. The Labute approximate surface area is 149 Å². The van der Waals surface area contributed by atoms with Crippen molar-refractivity contribution in [3.63, 3.8) is 0 Å². The van der Waals surface area contributed by atoms with Crippen LogP contribution in [0, 0.1) is 5.82 Å².